The molecule has 0 bridgehead atoms. The maximum Gasteiger partial charge on any atom is 0.279 e. The van der Waals surface area contributed by atoms with Crippen molar-refractivity contribution in [2.75, 3.05) is 0 Å². The van der Waals surface area contributed by atoms with Crippen molar-refractivity contribution in [1.82, 2.24) is 4.57 Å². The van der Waals surface area contributed by atoms with E-state index in [0.717, 1.165) is 24.2 Å². The van der Waals surface area contributed by atoms with Crippen LogP contribution in [0.2, 0.25) is 0 Å². The van der Waals surface area contributed by atoms with Gasteiger partial charge in [0.25, 0.3) is 5.91 Å². The lowest BCUT2D eigenvalue weighted by molar-refractivity contribution is 0.101. The molecule has 2 aliphatic heterocycles. The third-order valence-corrected chi connectivity index (χ3v) is 2.82. The van der Waals surface area contributed by atoms with Crippen LogP contribution in [-0.4, -0.2) is 16.7 Å². The first-order chi connectivity index (χ1) is 6.36. The Kier molecular flexibility index (Phi) is 1.26. The molecule has 3 rings (SSSR count). The van der Waals surface area contributed by atoms with E-state index in [1.54, 1.807) is 6.21 Å². The fourth-order valence-electron chi connectivity index (χ4n) is 2.17. The van der Waals surface area contributed by atoms with Gasteiger partial charge in [0.15, 0.2) is 0 Å². The van der Waals surface area contributed by atoms with Crippen LogP contribution >= 0.6 is 0 Å². The third-order valence-electron chi connectivity index (χ3n) is 2.82. The fourth-order valence-corrected chi connectivity index (χ4v) is 2.17. The smallest absolute Gasteiger partial charge is 0.279 e. The normalized spacial score (nSPS) is 18.9. The highest BCUT2D eigenvalue weighted by Crippen LogP contribution is 2.24. The number of nitrogens with zero attached hydrogens (tertiary/aromatic N) is 2. The van der Waals surface area contributed by atoms with Gasteiger partial charge in [-0.1, -0.05) is 0 Å². The molecule has 0 N–H and O–H groups in total. The molecule has 0 spiro atoms. The number of carbonyl (C=O) groups is 1. The van der Waals surface area contributed by atoms with E-state index in [2.05, 4.69) is 9.56 Å². The number of carbonyl (C=O) groups excluding carboxylic acids is 1. The van der Waals surface area contributed by atoms with Crippen molar-refractivity contribution in [2.24, 2.45) is 4.99 Å². The number of aliphatic imine (C=N–C) groups is 1. The van der Waals surface area contributed by atoms with Crippen LogP contribution in [0.15, 0.2) is 11.1 Å². The van der Waals surface area contributed by atoms with Gasteiger partial charge in [-0.2, -0.15) is 0 Å². The topological polar surface area (TPSA) is 34.4 Å². The molecule has 1 aromatic heterocycles. The second-order valence-electron chi connectivity index (χ2n) is 3.61. The van der Waals surface area contributed by atoms with Crippen molar-refractivity contribution < 1.29 is 4.79 Å². The summed E-state index contributed by atoms with van der Waals surface area (Å²) >= 11 is 0. The van der Waals surface area contributed by atoms with Gasteiger partial charge in [0.05, 0.1) is 17.5 Å². The summed E-state index contributed by atoms with van der Waals surface area (Å²) in [7, 11) is 0. The zero-order chi connectivity index (χ0) is 8.84. The van der Waals surface area contributed by atoms with E-state index in [4.69, 9.17) is 0 Å². The molecular weight excluding hydrogens is 164 g/mol. The van der Waals surface area contributed by atoms with Gasteiger partial charge in [-0.25, -0.2) is 4.99 Å². The van der Waals surface area contributed by atoms with E-state index >= 15 is 0 Å². The molecule has 2 aliphatic rings. The molecule has 0 saturated carbocycles. The molecule has 0 saturated heterocycles. The molecule has 3 heteroatoms. The van der Waals surface area contributed by atoms with E-state index < -0.39 is 0 Å². The summed E-state index contributed by atoms with van der Waals surface area (Å²) in [6, 6.07) is 2.00. The Morgan fingerprint density at radius 2 is 2.31 bits per heavy atom. The molecule has 0 aliphatic carbocycles. The predicted molar refractivity (Wildman–Crippen MR) is 49.3 cm³/mol. The minimum Gasteiger partial charge on any atom is -0.343 e. The molecular formula is C10H10N2O. The molecule has 0 radical (unpaired) electrons. The fraction of sp³-hybridized carbons (Fsp3) is 0.400. The minimum absolute atomic E-state index is 0.0723. The van der Waals surface area contributed by atoms with E-state index in [0.29, 0.717) is 0 Å². The van der Waals surface area contributed by atoms with Crippen molar-refractivity contribution in [3.05, 3.63) is 23.0 Å². The highest BCUT2D eigenvalue weighted by atomic mass is 16.1. The van der Waals surface area contributed by atoms with E-state index in [9.17, 15) is 4.79 Å². The van der Waals surface area contributed by atoms with Gasteiger partial charge in [-0.15, -0.1) is 0 Å². The Labute approximate surface area is 76.1 Å². The standard InChI is InChI=1S/C10H10N2O/c13-10-8-5-7-3-1-2-4-12(7)9(8)6-11-10/h5-6H,1-4H2. The lowest BCUT2D eigenvalue weighted by atomic mass is 10.1. The summed E-state index contributed by atoms with van der Waals surface area (Å²) in [6.07, 6.45) is 5.27. The largest absolute Gasteiger partial charge is 0.343 e. The Balaban J connectivity index is 2.23. The number of fused-ring (bicyclic) bond motifs is 3. The van der Waals surface area contributed by atoms with Gasteiger partial charge in [0, 0.05) is 12.2 Å². The predicted octanol–water partition coefficient (Wildman–Crippen LogP) is 1.40. The van der Waals surface area contributed by atoms with Crippen molar-refractivity contribution in [3.8, 4) is 0 Å². The summed E-state index contributed by atoms with van der Waals surface area (Å²) in [4.78, 5) is 15.1. The SMILES string of the molecule is O=C1N=Cc2c1cc1n2CCCC1. The van der Waals surface area contributed by atoms with Crippen LogP contribution in [-0.2, 0) is 13.0 Å². The molecule has 0 aromatic carbocycles. The molecule has 13 heavy (non-hydrogen) atoms. The number of rotatable bonds is 0. The molecule has 0 fully saturated rings. The van der Waals surface area contributed by atoms with Gasteiger partial charge in [0.1, 0.15) is 0 Å². The zero-order valence-electron chi connectivity index (χ0n) is 7.29. The van der Waals surface area contributed by atoms with Gasteiger partial charge >= 0.3 is 0 Å². The van der Waals surface area contributed by atoms with Crippen LogP contribution in [0.4, 0.5) is 0 Å². The Bertz CT molecular complexity index is 415. The lowest BCUT2D eigenvalue weighted by Gasteiger charge is -2.15. The van der Waals surface area contributed by atoms with E-state index in [1.165, 1.54) is 18.5 Å². The first kappa shape index (κ1) is 7.06. The Morgan fingerprint density at radius 1 is 1.38 bits per heavy atom. The van der Waals surface area contributed by atoms with Crippen LogP contribution in [0.25, 0.3) is 0 Å². The van der Waals surface area contributed by atoms with Crippen LogP contribution in [0.1, 0.15) is 34.6 Å². The minimum atomic E-state index is -0.0723. The van der Waals surface area contributed by atoms with Crippen molar-refractivity contribution in [1.29, 1.82) is 0 Å². The summed E-state index contributed by atoms with van der Waals surface area (Å²) in [6.45, 7) is 1.05. The van der Waals surface area contributed by atoms with Crippen LogP contribution in [0.3, 0.4) is 0 Å². The van der Waals surface area contributed by atoms with Crippen LogP contribution in [0, 0.1) is 0 Å². The highest BCUT2D eigenvalue weighted by molar-refractivity contribution is 6.12. The number of hydrogen-bond donors (Lipinski definition) is 0. The zero-order valence-corrected chi connectivity index (χ0v) is 7.29. The molecule has 0 atom stereocenters. The molecule has 0 unspecified atom stereocenters. The molecule has 1 aromatic rings. The number of aryl methyl sites for hydroxylation is 1. The van der Waals surface area contributed by atoms with Crippen LogP contribution in [0.5, 0.6) is 0 Å². The van der Waals surface area contributed by atoms with Gasteiger partial charge in [0.2, 0.25) is 0 Å². The van der Waals surface area contributed by atoms with Crippen molar-refractivity contribution >= 4 is 12.1 Å². The summed E-state index contributed by atoms with van der Waals surface area (Å²) in [5.74, 6) is -0.0723. The lowest BCUT2D eigenvalue weighted by Crippen LogP contribution is -2.11. The Hall–Kier alpha value is -1.38. The average molecular weight is 174 g/mol. The van der Waals surface area contributed by atoms with Gasteiger partial charge in [-0.3, -0.25) is 4.79 Å². The van der Waals surface area contributed by atoms with E-state index in [-0.39, 0.29) is 5.91 Å². The molecule has 1 amide bonds. The van der Waals surface area contributed by atoms with Gasteiger partial charge < -0.3 is 4.57 Å². The first-order valence-electron chi connectivity index (χ1n) is 4.67. The number of aromatic nitrogens is 1. The molecule has 3 nitrogen and oxygen atoms in total. The first-order valence-corrected chi connectivity index (χ1v) is 4.67. The van der Waals surface area contributed by atoms with Crippen molar-refractivity contribution in [3.63, 3.8) is 0 Å². The average Bonchev–Trinajstić information content (AvgIpc) is 2.67. The molecule has 66 valence electrons. The van der Waals surface area contributed by atoms with Crippen molar-refractivity contribution in [2.45, 2.75) is 25.8 Å². The van der Waals surface area contributed by atoms with E-state index in [1.807, 2.05) is 6.07 Å². The Morgan fingerprint density at radius 3 is 3.23 bits per heavy atom. The maximum atomic E-state index is 11.3. The number of hydrogen-bond acceptors (Lipinski definition) is 1. The highest BCUT2D eigenvalue weighted by Gasteiger charge is 2.23. The monoisotopic (exact) mass is 174 g/mol. The summed E-state index contributed by atoms with van der Waals surface area (Å²) in [5.41, 5.74) is 3.13. The number of amides is 1. The maximum absolute atomic E-state index is 11.3. The second-order valence-corrected chi connectivity index (χ2v) is 3.61. The quantitative estimate of drug-likeness (QED) is 0.585. The third kappa shape index (κ3) is 0.842. The summed E-state index contributed by atoms with van der Waals surface area (Å²) in [5, 5.41) is 0. The van der Waals surface area contributed by atoms with Crippen LogP contribution < -0.4 is 0 Å². The molecule has 3 heterocycles. The van der Waals surface area contributed by atoms with Gasteiger partial charge in [-0.05, 0) is 25.3 Å². The second kappa shape index (κ2) is 2.31. The summed E-state index contributed by atoms with van der Waals surface area (Å²) < 4.78 is 2.23.